The van der Waals surface area contributed by atoms with E-state index in [0.29, 0.717) is 30.4 Å². The van der Waals surface area contributed by atoms with Gasteiger partial charge in [0.05, 0.1) is 20.2 Å². The molecule has 1 aliphatic heterocycles. The van der Waals surface area contributed by atoms with Crippen LogP contribution in [0, 0.1) is 0 Å². The highest BCUT2D eigenvalue weighted by Gasteiger charge is 2.19. The van der Waals surface area contributed by atoms with Crippen molar-refractivity contribution >= 4 is 17.5 Å². The summed E-state index contributed by atoms with van der Waals surface area (Å²) in [6.45, 7) is 3.32. The molecule has 3 N–H and O–H groups in total. The van der Waals surface area contributed by atoms with Crippen LogP contribution < -0.4 is 29.7 Å². The summed E-state index contributed by atoms with van der Waals surface area (Å²) in [6.07, 6.45) is 0. The lowest BCUT2D eigenvalue weighted by Gasteiger charge is -2.21. The minimum absolute atomic E-state index is 0.135. The molecule has 2 atom stereocenters. The van der Waals surface area contributed by atoms with Crippen LogP contribution >= 0.6 is 0 Å². The smallest absolute Gasteiger partial charge is 0.279 e. The lowest BCUT2D eigenvalue weighted by molar-refractivity contribution is -0.862. The highest BCUT2D eigenvalue weighted by molar-refractivity contribution is 5.91. The standard InChI is InChI=1S/C22H27N3O5/c1-15(16-7-8-19-20(11-16)30-10-9-29-19)23-21(26)13-25(2)14-22(27)24-17-5-4-6-18(12-17)28-3/h4-8,11-12,15H,9-10,13-14H2,1-3H3,(H,23,26)(H,24,27)/p+1/t15-/m1/s1. The van der Waals surface area contributed by atoms with Crippen molar-refractivity contribution in [2.45, 2.75) is 13.0 Å². The lowest BCUT2D eigenvalue weighted by Crippen LogP contribution is -3.11. The molecule has 0 aliphatic carbocycles. The number of carbonyl (C=O) groups is 2. The molecule has 0 bridgehead atoms. The molecule has 1 unspecified atom stereocenters. The van der Waals surface area contributed by atoms with Crippen LogP contribution in [0.15, 0.2) is 42.5 Å². The number of ether oxygens (including phenoxy) is 3. The fourth-order valence-electron chi connectivity index (χ4n) is 3.22. The third-order valence-corrected chi connectivity index (χ3v) is 4.72. The van der Waals surface area contributed by atoms with Gasteiger partial charge in [-0.2, -0.15) is 0 Å². The molecule has 2 aromatic carbocycles. The zero-order valence-corrected chi connectivity index (χ0v) is 17.5. The van der Waals surface area contributed by atoms with Crippen LogP contribution in [-0.2, 0) is 9.59 Å². The van der Waals surface area contributed by atoms with Crippen molar-refractivity contribution in [3.8, 4) is 17.2 Å². The van der Waals surface area contributed by atoms with Crippen molar-refractivity contribution in [2.24, 2.45) is 0 Å². The number of hydrogen-bond donors (Lipinski definition) is 3. The molecule has 0 saturated carbocycles. The second-order valence-electron chi connectivity index (χ2n) is 7.28. The summed E-state index contributed by atoms with van der Waals surface area (Å²) in [4.78, 5) is 25.4. The summed E-state index contributed by atoms with van der Waals surface area (Å²) < 4.78 is 16.3. The average molecular weight is 414 g/mol. The Hall–Kier alpha value is -3.26. The van der Waals surface area contributed by atoms with E-state index in [-0.39, 0.29) is 30.9 Å². The number of rotatable bonds is 8. The number of methoxy groups -OCH3 is 1. The Morgan fingerprint density at radius 2 is 1.80 bits per heavy atom. The second-order valence-corrected chi connectivity index (χ2v) is 7.28. The molecule has 3 rings (SSSR count). The van der Waals surface area contributed by atoms with Gasteiger partial charge in [-0.25, -0.2) is 0 Å². The van der Waals surface area contributed by atoms with E-state index in [1.54, 1.807) is 38.4 Å². The number of amides is 2. The van der Waals surface area contributed by atoms with Crippen LogP contribution in [0.5, 0.6) is 17.2 Å². The predicted octanol–water partition coefficient (Wildman–Crippen LogP) is 0.797. The van der Waals surface area contributed by atoms with E-state index in [1.807, 2.05) is 25.1 Å². The van der Waals surface area contributed by atoms with Gasteiger partial charge in [0.25, 0.3) is 11.8 Å². The number of hydrogen-bond acceptors (Lipinski definition) is 5. The van der Waals surface area contributed by atoms with Crippen LogP contribution in [0.3, 0.4) is 0 Å². The van der Waals surface area contributed by atoms with Crippen molar-refractivity contribution in [1.82, 2.24) is 5.32 Å². The van der Waals surface area contributed by atoms with E-state index >= 15 is 0 Å². The van der Waals surface area contributed by atoms with Gasteiger partial charge >= 0.3 is 0 Å². The molecule has 0 radical (unpaired) electrons. The first kappa shape index (κ1) is 21.4. The zero-order valence-electron chi connectivity index (χ0n) is 17.5. The molecular formula is C22H28N3O5+. The first-order valence-electron chi connectivity index (χ1n) is 9.88. The molecule has 160 valence electrons. The van der Waals surface area contributed by atoms with Gasteiger partial charge < -0.3 is 29.7 Å². The molecule has 0 saturated heterocycles. The third kappa shape index (κ3) is 5.87. The summed E-state index contributed by atoms with van der Waals surface area (Å²) in [5, 5.41) is 5.79. The topological polar surface area (TPSA) is 90.3 Å². The molecular weight excluding hydrogens is 386 g/mol. The highest BCUT2D eigenvalue weighted by Crippen LogP contribution is 2.32. The van der Waals surface area contributed by atoms with Gasteiger partial charge in [-0.05, 0) is 36.8 Å². The number of nitrogens with one attached hydrogen (secondary N) is 3. The van der Waals surface area contributed by atoms with Gasteiger partial charge in [-0.3, -0.25) is 9.59 Å². The van der Waals surface area contributed by atoms with E-state index in [1.165, 1.54) is 0 Å². The third-order valence-electron chi connectivity index (χ3n) is 4.72. The molecule has 1 aliphatic rings. The van der Waals surface area contributed by atoms with Crippen molar-refractivity contribution < 1.29 is 28.7 Å². The summed E-state index contributed by atoms with van der Waals surface area (Å²) in [7, 11) is 3.38. The molecule has 1 heterocycles. The fourth-order valence-corrected chi connectivity index (χ4v) is 3.22. The Morgan fingerprint density at radius 3 is 2.57 bits per heavy atom. The molecule has 2 amide bonds. The van der Waals surface area contributed by atoms with Crippen molar-refractivity contribution in [3.63, 3.8) is 0 Å². The van der Waals surface area contributed by atoms with Gasteiger partial charge in [0.1, 0.15) is 19.0 Å². The summed E-state index contributed by atoms with van der Waals surface area (Å²) in [6, 6.07) is 12.6. The number of likely N-dealkylation sites (N-methyl/N-ethyl adjacent to an activating group) is 1. The number of carbonyl (C=O) groups excluding carboxylic acids is 2. The molecule has 0 spiro atoms. The Kier molecular flexibility index (Phi) is 7.13. The first-order valence-corrected chi connectivity index (χ1v) is 9.88. The molecule has 2 aromatic rings. The number of quaternary nitrogens is 1. The molecule has 8 nitrogen and oxygen atoms in total. The van der Waals surface area contributed by atoms with Gasteiger partial charge in [0, 0.05) is 11.8 Å². The Labute approximate surface area is 176 Å². The quantitative estimate of drug-likeness (QED) is 0.595. The second kappa shape index (κ2) is 9.98. The molecule has 8 heteroatoms. The van der Waals surface area contributed by atoms with E-state index in [9.17, 15) is 9.59 Å². The maximum absolute atomic E-state index is 12.4. The Balaban J connectivity index is 1.47. The summed E-state index contributed by atoms with van der Waals surface area (Å²) in [5.74, 6) is 1.77. The molecule has 0 fully saturated rings. The van der Waals surface area contributed by atoms with Gasteiger partial charge in [-0.15, -0.1) is 0 Å². The van der Waals surface area contributed by atoms with E-state index in [4.69, 9.17) is 14.2 Å². The molecule has 0 aromatic heterocycles. The monoisotopic (exact) mass is 414 g/mol. The van der Waals surface area contributed by atoms with Crippen LogP contribution in [-0.4, -0.2) is 52.3 Å². The minimum atomic E-state index is -0.188. The largest absolute Gasteiger partial charge is 0.497 e. The van der Waals surface area contributed by atoms with Gasteiger partial charge in [-0.1, -0.05) is 12.1 Å². The Bertz CT molecular complexity index is 902. The zero-order chi connectivity index (χ0) is 21.5. The van der Waals surface area contributed by atoms with Crippen LogP contribution in [0.4, 0.5) is 5.69 Å². The van der Waals surface area contributed by atoms with Crippen LogP contribution in [0.2, 0.25) is 0 Å². The first-order chi connectivity index (χ1) is 14.4. The summed E-state index contributed by atoms with van der Waals surface area (Å²) >= 11 is 0. The molecule has 30 heavy (non-hydrogen) atoms. The van der Waals surface area contributed by atoms with E-state index < -0.39 is 0 Å². The van der Waals surface area contributed by atoms with Crippen molar-refractivity contribution in [3.05, 3.63) is 48.0 Å². The maximum Gasteiger partial charge on any atom is 0.279 e. The van der Waals surface area contributed by atoms with Gasteiger partial charge in [0.2, 0.25) is 0 Å². The maximum atomic E-state index is 12.4. The minimum Gasteiger partial charge on any atom is -0.497 e. The average Bonchev–Trinajstić information content (AvgIpc) is 2.73. The van der Waals surface area contributed by atoms with Crippen molar-refractivity contribution in [2.75, 3.05) is 45.8 Å². The highest BCUT2D eigenvalue weighted by atomic mass is 16.6. The van der Waals surface area contributed by atoms with E-state index in [2.05, 4.69) is 10.6 Å². The number of anilines is 1. The summed E-state index contributed by atoms with van der Waals surface area (Å²) in [5.41, 5.74) is 1.59. The van der Waals surface area contributed by atoms with Crippen LogP contribution in [0.25, 0.3) is 0 Å². The van der Waals surface area contributed by atoms with E-state index in [0.717, 1.165) is 16.2 Å². The Morgan fingerprint density at radius 1 is 1.07 bits per heavy atom. The lowest BCUT2D eigenvalue weighted by atomic mass is 10.1. The van der Waals surface area contributed by atoms with Crippen molar-refractivity contribution in [1.29, 1.82) is 0 Å². The number of fused-ring (bicyclic) bond motifs is 1. The van der Waals surface area contributed by atoms with Crippen LogP contribution in [0.1, 0.15) is 18.5 Å². The SMILES string of the molecule is COc1cccc(NC(=O)C[NH+](C)CC(=O)N[C@H](C)c2ccc3c(c2)OCCO3)c1. The van der Waals surface area contributed by atoms with Gasteiger partial charge in [0.15, 0.2) is 24.6 Å². The predicted molar refractivity (Wildman–Crippen MR) is 112 cm³/mol. The fraction of sp³-hybridized carbons (Fsp3) is 0.364. The number of benzene rings is 2. The normalized spacial score (nSPS) is 14.4.